The van der Waals surface area contributed by atoms with E-state index in [1.54, 1.807) is 12.1 Å². The molecule has 1 aromatic rings. The predicted molar refractivity (Wildman–Crippen MR) is 64.7 cm³/mol. The molecule has 0 aliphatic carbocycles. The predicted octanol–water partition coefficient (Wildman–Crippen LogP) is 2.81. The van der Waals surface area contributed by atoms with Crippen LogP contribution >= 0.6 is 11.6 Å². The summed E-state index contributed by atoms with van der Waals surface area (Å²) in [6.07, 6.45) is 1.89. The van der Waals surface area contributed by atoms with Crippen molar-refractivity contribution in [1.82, 2.24) is 0 Å². The average Bonchev–Trinajstić information content (AvgIpc) is 2.35. The molecule has 94 valence electrons. The number of hydrogen-bond donors (Lipinski definition) is 1. The van der Waals surface area contributed by atoms with E-state index in [1.165, 1.54) is 6.07 Å². The fourth-order valence-corrected chi connectivity index (χ4v) is 2.38. The number of halogens is 2. The Balaban J connectivity index is 1.96. The normalized spacial score (nSPS) is 19.2. The molecule has 0 spiro atoms. The molecule has 0 radical (unpaired) electrons. The van der Waals surface area contributed by atoms with Crippen molar-refractivity contribution in [2.75, 3.05) is 13.2 Å². The molecule has 1 aliphatic heterocycles. The van der Waals surface area contributed by atoms with Gasteiger partial charge < -0.3 is 9.84 Å². The fourth-order valence-electron chi connectivity index (χ4n) is 2.18. The molecule has 1 heterocycles. The van der Waals surface area contributed by atoms with E-state index in [0.29, 0.717) is 19.6 Å². The molecule has 2 rings (SSSR count). The van der Waals surface area contributed by atoms with Crippen LogP contribution < -0.4 is 0 Å². The van der Waals surface area contributed by atoms with Crippen LogP contribution in [-0.4, -0.2) is 24.4 Å². The zero-order valence-electron chi connectivity index (χ0n) is 9.53. The SMILES string of the molecule is OC(Cc1ccc(F)c(Cl)c1)C1CCOCC1. The highest BCUT2D eigenvalue weighted by molar-refractivity contribution is 6.30. The van der Waals surface area contributed by atoms with Gasteiger partial charge in [0.1, 0.15) is 5.82 Å². The van der Waals surface area contributed by atoms with Crippen LogP contribution in [0.5, 0.6) is 0 Å². The van der Waals surface area contributed by atoms with E-state index in [4.69, 9.17) is 16.3 Å². The van der Waals surface area contributed by atoms with Gasteiger partial charge in [-0.25, -0.2) is 4.39 Å². The molecule has 0 bridgehead atoms. The lowest BCUT2D eigenvalue weighted by Crippen LogP contribution is -2.28. The van der Waals surface area contributed by atoms with Gasteiger partial charge in [0.05, 0.1) is 11.1 Å². The summed E-state index contributed by atoms with van der Waals surface area (Å²) in [5, 5.41) is 10.2. The van der Waals surface area contributed by atoms with E-state index in [2.05, 4.69) is 0 Å². The van der Waals surface area contributed by atoms with Gasteiger partial charge in [0.25, 0.3) is 0 Å². The molecule has 1 unspecified atom stereocenters. The third-order valence-electron chi connectivity index (χ3n) is 3.24. The van der Waals surface area contributed by atoms with Gasteiger partial charge in [-0.15, -0.1) is 0 Å². The minimum Gasteiger partial charge on any atom is -0.392 e. The zero-order chi connectivity index (χ0) is 12.3. The van der Waals surface area contributed by atoms with Gasteiger partial charge in [-0.05, 0) is 42.9 Å². The van der Waals surface area contributed by atoms with Crippen LogP contribution in [-0.2, 0) is 11.2 Å². The van der Waals surface area contributed by atoms with Gasteiger partial charge in [0.15, 0.2) is 0 Å². The molecule has 1 fully saturated rings. The van der Waals surface area contributed by atoms with Crippen molar-refractivity contribution in [3.8, 4) is 0 Å². The zero-order valence-corrected chi connectivity index (χ0v) is 10.3. The molecule has 1 aliphatic rings. The summed E-state index contributed by atoms with van der Waals surface area (Å²) in [5.41, 5.74) is 0.871. The van der Waals surface area contributed by atoms with Crippen molar-refractivity contribution in [2.45, 2.75) is 25.4 Å². The Morgan fingerprint density at radius 2 is 2.12 bits per heavy atom. The first-order chi connectivity index (χ1) is 8.16. The van der Waals surface area contributed by atoms with Crippen molar-refractivity contribution < 1.29 is 14.2 Å². The maximum Gasteiger partial charge on any atom is 0.141 e. The van der Waals surface area contributed by atoms with Gasteiger partial charge in [0.2, 0.25) is 0 Å². The van der Waals surface area contributed by atoms with Crippen LogP contribution in [0.25, 0.3) is 0 Å². The third kappa shape index (κ3) is 3.41. The Morgan fingerprint density at radius 1 is 1.41 bits per heavy atom. The summed E-state index contributed by atoms with van der Waals surface area (Å²) in [7, 11) is 0. The lowest BCUT2D eigenvalue weighted by Gasteiger charge is -2.26. The van der Waals surface area contributed by atoms with Gasteiger partial charge in [0, 0.05) is 13.2 Å². The van der Waals surface area contributed by atoms with E-state index < -0.39 is 11.9 Å². The van der Waals surface area contributed by atoms with Crippen molar-refractivity contribution in [3.63, 3.8) is 0 Å². The molecule has 0 amide bonds. The first-order valence-electron chi connectivity index (χ1n) is 5.86. The molecule has 1 saturated heterocycles. The number of benzene rings is 1. The summed E-state index contributed by atoms with van der Waals surface area (Å²) in [5.74, 6) is -0.149. The maximum atomic E-state index is 13.0. The topological polar surface area (TPSA) is 29.5 Å². The largest absolute Gasteiger partial charge is 0.392 e. The molecule has 0 aromatic heterocycles. The Kier molecular flexibility index (Phi) is 4.37. The Morgan fingerprint density at radius 3 is 2.76 bits per heavy atom. The molecular formula is C13H16ClFO2. The van der Waals surface area contributed by atoms with E-state index in [0.717, 1.165) is 18.4 Å². The van der Waals surface area contributed by atoms with E-state index in [-0.39, 0.29) is 10.9 Å². The van der Waals surface area contributed by atoms with Crippen molar-refractivity contribution in [3.05, 3.63) is 34.6 Å². The second-order valence-electron chi connectivity index (χ2n) is 4.47. The van der Waals surface area contributed by atoms with E-state index in [1.807, 2.05) is 0 Å². The molecule has 1 N–H and O–H groups in total. The van der Waals surface area contributed by atoms with Crippen molar-refractivity contribution >= 4 is 11.6 Å². The molecule has 2 nitrogen and oxygen atoms in total. The highest BCUT2D eigenvalue weighted by atomic mass is 35.5. The molecule has 4 heteroatoms. The summed E-state index contributed by atoms with van der Waals surface area (Å²) >= 11 is 5.71. The standard InChI is InChI=1S/C13H16ClFO2/c14-11-7-9(1-2-12(11)15)8-13(16)10-3-5-17-6-4-10/h1-2,7,10,13,16H,3-6,8H2. The number of hydrogen-bond acceptors (Lipinski definition) is 2. The number of aliphatic hydroxyl groups is 1. The first kappa shape index (κ1) is 12.8. The second kappa shape index (κ2) is 5.80. The van der Waals surface area contributed by atoms with Crippen LogP contribution in [0.4, 0.5) is 4.39 Å². The molecule has 1 atom stereocenters. The van der Waals surface area contributed by atoms with Crippen molar-refractivity contribution in [1.29, 1.82) is 0 Å². The Bertz CT molecular complexity index is 378. The Hall–Kier alpha value is -0.640. The fraction of sp³-hybridized carbons (Fsp3) is 0.538. The number of rotatable bonds is 3. The van der Waals surface area contributed by atoms with Gasteiger partial charge in [-0.3, -0.25) is 0 Å². The minimum atomic E-state index is -0.420. The molecular weight excluding hydrogens is 243 g/mol. The molecule has 1 aromatic carbocycles. The van der Waals surface area contributed by atoms with E-state index in [9.17, 15) is 9.50 Å². The monoisotopic (exact) mass is 258 g/mol. The van der Waals surface area contributed by atoms with Crippen LogP contribution in [0, 0.1) is 11.7 Å². The summed E-state index contributed by atoms with van der Waals surface area (Å²) in [6, 6.07) is 4.59. The lowest BCUT2D eigenvalue weighted by atomic mass is 9.90. The smallest absolute Gasteiger partial charge is 0.141 e. The van der Waals surface area contributed by atoms with Crippen LogP contribution in [0.2, 0.25) is 5.02 Å². The van der Waals surface area contributed by atoms with Gasteiger partial charge >= 0.3 is 0 Å². The quantitative estimate of drug-likeness (QED) is 0.903. The van der Waals surface area contributed by atoms with Gasteiger partial charge in [-0.2, -0.15) is 0 Å². The van der Waals surface area contributed by atoms with Crippen LogP contribution in [0.3, 0.4) is 0 Å². The third-order valence-corrected chi connectivity index (χ3v) is 3.53. The summed E-state index contributed by atoms with van der Waals surface area (Å²) in [6.45, 7) is 1.43. The van der Waals surface area contributed by atoms with E-state index >= 15 is 0 Å². The average molecular weight is 259 g/mol. The van der Waals surface area contributed by atoms with Crippen LogP contribution in [0.1, 0.15) is 18.4 Å². The molecule has 0 saturated carbocycles. The van der Waals surface area contributed by atoms with Gasteiger partial charge in [-0.1, -0.05) is 17.7 Å². The Labute approximate surface area is 105 Å². The summed E-state index contributed by atoms with van der Waals surface area (Å²) in [4.78, 5) is 0. The molecule has 17 heavy (non-hydrogen) atoms. The summed E-state index contributed by atoms with van der Waals surface area (Å²) < 4.78 is 18.2. The maximum absolute atomic E-state index is 13.0. The lowest BCUT2D eigenvalue weighted by molar-refractivity contribution is 0.00839. The first-order valence-corrected chi connectivity index (χ1v) is 6.24. The highest BCUT2D eigenvalue weighted by Gasteiger charge is 2.22. The number of ether oxygens (including phenoxy) is 1. The second-order valence-corrected chi connectivity index (χ2v) is 4.88. The van der Waals surface area contributed by atoms with Crippen molar-refractivity contribution in [2.24, 2.45) is 5.92 Å². The minimum absolute atomic E-state index is 0.113. The highest BCUT2D eigenvalue weighted by Crippen LogP contribution is 2.23. The number of aliphatic hydroxyl groups excluding tert-OH is 1. The van der Waals surface area contributed by atoms with Crippen LogP contribution in [0.15, 0.2) is 18.2 Å².